The van der Waals surface area contributed by atoms with E-state index in [0.717, 1.165) is 27.9 Å². The summed E-state index contributed by atoms with van der Waals surface area (Å²) in [6.07, 6.45) is 0. The number of benzene rings is 10. The van der Waals surface area contributed by atoms with E-state index in [0.29, 0.717) is 0 Å². The van der Waals surface area contributed by atoms with Gasteiger partial charge in [0, 0.05) is 20.9 Å². The van der Waals surface area contributed by atoms with Gasteiger partial charge in [-0.25, -0.2) is 4.98 Å². The summed E-state index contributed by atoms with van der Waals surface area (Å²) >= 11 is 1.83. The lowest BCUT2D eigenvalue weighted by Crippen LogP contribution is -1.93. The molecule has 0 aliphatic heterocycles. The zero-order chi connectivity index (χ0) is 39.3. The Morgan fingerprint density at radius 3 is 1.52 bits per heavy atom. The Morgan fingerprint density at radius 1 is 0.333 bits per heavy atom. The predicted octanol–water partition coefficient (Wildman–Crippen LogP) is 16.1. The second-order valence-electron chi connectivity index (χ2n) is 16.0. The maximum absolute atomic E-state index is 5.51. The van der Waals surface area contributed by atoms with Crippen LogP contribution < -0.4 is 0 Å². The number of aromatic nitrogens is 2. The van der Waals surface area contributed by atoms with Gasteiger partial charge in [0.2, 0.25) is 0 Å². The SMILES string of the molecule is c1ccc2cc(-c3cc(-c4ccc(-c5cc6c7ccccc7sc6c6nc7c8cc9ccccc9cc8ccc7n56)cc4)cc(-c4ccc5ccccc5c4)c3)ccc2c1. The molecule has 60 heavy (non-hydrogen) atoms. The number of fused-ring (bicyclic) bond motifs is 12. The zero-order valence-electron chi connectivity index (χ0n) is 32.4. The number of nitrogens with zero attached hydrogens (tertiary/aromatic N) is 2. The first-order chi connectivity index (χ1) is 29.7. The van der Waals surface area contributed by atoms with E-state index in [9.17, 15) is 0 Å². The van der Waals surface area contributed by atoms with E-state index in [-0.39, 0.29) is 0 Å². The van der Waals surface area contributed by atoms with Gasteiger partial charge in [-0.3, -0.25) is 4.40 Å². The van der Waals surface area contributed by atoms with Gasteiger partial charge in [-0.1, -0.05) is 146 Å². The van der Waals surface area contributed by atoms with Gasteiger partial charge < -0.3 is 0 Å². The lowest BCUT2D eigenvalue weighted by atomic mass is 9.91. The second-order valence-corrected chi connectivity index (χ2v) is 17.0. The molecule has 2 nitrogen and oxygen atoms in total. The molecule has 3 aromatic heterocycles. The largest absolute Gasteiger partial charge is 0.291 e. The Kier molecular flexibility index (Phi) is 7.21. The van der Waals surface area contributed by atoms with Gasteiger partial charge >= 0.3 is 0 Å². The Labute approximate surface area is 349 Å². The predicted molar refractivity (Wildman–Crippen MR) is 257 cm³/mol. The van der Waals surface area contributed by atoms with Crippen molar-refractivity contribution in [3.8, 4) is 44.6 Å². The first-order valence-corrected chi connectivity index (χ1v) is 21.3. The summed E-state index contributed by atoms with van der Waals surface area (Å²) in [5.74, 6) is 0. The Balaban J connectivity index is 1.00. The Bertz CT molecular complexity index is 3790. The molecule has 278 valence electrons. The summed E-state index contributed by atoms with van der Waals surface area (Å²) in [6, 6.07) is 75.9. The van der Waals surface area contributed by atoms with Gasteiger partial charge in [-0.05, 0) is 137 Å². The third-order valence-corrected chi connectivity index (χ3v) is 13.7. The zero-order valence-corrected chi connectivity index (χ0v) is 33.2. The molecule has 13 rings (SSSR count). The summed E-state index contributed by atoms with van der Waals surface area (Å²) in [4.78, 5) is 5.51. The molecule has 0 fully saturated rings. The highest BCUT2D eigenvalue weighted by atomic mass is 32.1. The molecule has 3 heterocycles. The molecule has 0 amide bonds. The minimum Gasteiger partial charge on any atom is -0.291 e. The van der Waals surface area contributed by atoms with Crippen LogP contribution in [0.25, 0.3) is 125 Å². The average molecular weight is 779 g/mol. The summed E-state index contributed by atoms with van der Waals surface area (Å²) in [5.41, 5.74) is 12.6. The van der Waals surface area contributed by atoms with E-state index in [2.05, 4.69) is 211 Å². The van der Waals surface area contributed by atoms with Crippen molar-refractivity contribution in [2.24, 2.45) is 0 Å². The number of imidazole rings is 1. The van der Waals surface area contributed by atoms with Crippen molar-refractivity contribution in [2.75, 3.05) is 0 Å². The number of hydrogen-bond donors (Lipinski definition) is 0. The van der Waals surface area contributed by atoms with Crippen LogP contribution in [0.3, 0.4) is 0 Å². The Hall–Kier alpha value is -7.59. The van der Waals surface area contributed by atoms with Gasteiger partial charge in [0.1, 0.15) is 0 Å². The lowest BCUT2D eigenvalue weighted by Gasteiger charge is -2.14. The van der Waals surface area contributed by atoms with Crippen molar-refractivity contribution in [3.63, 3.8) is 0 Å². The molecule has 3 heteroatoms. The summed E-state index contributed by atoms with van der Waals surface area (Å²) in [7, 11) is 0. The monoisotopic (exact) mass is 778 g/mol. The number of rotatable bonds is 4. The van der Waals surface area contributed by atoms with E-state index in [4.69, 9.17) is 4.98 Å². The minimum absolute atomic E-state index is 1.01. The third kappa shape index (κ3) is 5.23. The fourth-order valence-corrected chi connectivity index (χ4v) is 10.6. The first-order valence-electron chi connectivity index (χ1n) is 20.5. The molecule has 0 spiro atoms. The van der Waals surface area contributed by atoms with Gasteiger partial charge in [-0.2, -0.15) is 0 Å². The fraction of sp³-hybridized carbons (Fsp3) is 0. The van der Waals surface area contributed by atoms with Crippen LogP contribution in [0.2, 0.25) is 0 Å². The molecule has 0 bridgehead atoms. The average Bonchev–Trinajstić information content (AvgIpc) is 3.90. The van der Waals surface area contributed by atoms with Crippen molar-refractivity contribution < 1.29 is 0 Å². The molecule has 0 aliphatic rings. The number of thiophene rings is 1. The minimum atomic E-state index is 1.01. The van der Waals surface area contributed by atoms with Gasteiger partial charge in [-0.15, -0.1) is 11.3 Å². The van der Waals surface area contributed by atoms with Gasteiger partial charge in [0.05, 0.1) is 21.4 Å². The van der Waals surface area contributed by atoms with Crippen molar-refractivity contribution in [3.05, 3.63) is 206 Å². The molecule has 0 N–H and O–H groups in total. The van der Waals surface area contributed by atoms with Crippen molar-refractivity contribution >= 4 is 91.3 Å². The van der Waals surface area contributed by atoms with Crippen LogP contribution in [0.4, 0.5) is 0 Å². The molecular formula is C57H34N2S. The third-order valence-electron chi connectivity index (χ3n) is 12.5. The molecule has 0 aliphatic carbocycles. The van der Waals surface area contributed by atoms with Crippen molar-refractivity contribution in [1.29, 1.82) is 0 Å². The van der Waals surface area contributed by atoms with Crippen LogP contribution in [0.5, 0.6) is 0 Å². The highest BCUT2D eigenvalue weighted by molar-refractivity contribution is 7.26. The Morgan fingerprint density at radius 2 is 0.850 bits per heavy atom. The fourth-order valence-electron chi connectivity index (χ4n) is 9.44. The molecule has 0 unspecified atom stereocenters. The van der Waals surface area contributed by atoms with Crippen LogP contribution in [-0.4, -0.2) is 9.38 Å². The maximum atomic E-state index is 5.51. The highest BCUT2D eigenvalue weighted by Gasteiger charge is 2.19. The van der Waals surface area contributed by atoms with E-state index in [1.165, 1.54) is 96.6 Å². The second kappa shape index (κ2) is 13.0. The van der Waals surface area contributed by atoms with E-state index in [1.807, 2.05) is 11.3 Å². The first kappa shape index (κ1) is 33.4. The van der Waals surface area contributed by atoms with Gasteiger partial charge in [0.25, 0.3) is 0 Å². The molecule has 0 atom stereocenters. The molecular weight excluding hydrogens is 745 g/mol. The van der Waals surface area contributed by atoms with E-state index in [1.54, 1.807) is 0 Å². The van der Waals surface area contributed by atoms with E-state index >= 15 is 0 Å². The van der Waals surface area contributed by atoms with Crippen molar-refractivity contribution in [1.82, 2.24) is 9.38 Å². The topological polar surface area (TPSA) is 17.3 Å². The molecule has 10 aromatic carbocycles. The standard InChI is InChI=1S/C57H34N2S/c1-3-11-39-27-43(23-19-35(39)9-1)47-30-46(31-48(32-47)44-24-20-36-10-2-4-12-40(36)28-44)37-17-21-38(22-18-37)53-34-51-49-15-7-8-16-54(49)60-56(51)57-58-55-50-33-42-14-6-5-13-41(42)29-45(50)25-26-52(55)59(53)57/h1-34H. The highest BCUT2D eigenvalue weighted by Crippen LogP contribution is 2.43. The van der Waals surface area contributed by atoms with Crippen LogP contribution in [-0.2, 0) is 0 Å². The normalized spacial score (nSPS) is 12.0. The van der Waals surface area contributed by atoms with Crippen LogP contribution in [0.15, 0.2) is 206 Å². The molecule has 0 radical (unpaired) electrons. The van der Waals surface area contributed by atoms with Crippen LogP contribution in [0.1, 0.15) is 0 Å². The summed E-state index contributed by atoms with van der Waals surface area (Å²) in [5, 5.41) is 12.4. The van der Waals surface area contributed by atoms with Crippen LogP contribution >= 0.6 is 11.3 Å². The van der Waals surface area contributed by atoms with Crippen LogP contribution in [0, 0.1) is 0 Å². The number of pyridine rings is 1. The smallest absolute Gasteiger partial charge is 0.156 e. The summed E-state index contributed by atoms with van der Waals surface area (Å²) < 4.78 is 4.89. The number of hydrogen-bond acceptors (Lipinski definition) is 2. The molecule has 0 saturated carbocycles. The van der Waals surface area contributed by atoms with Gasteiger partial charge in [0.15, 0.2) is 5.65 Å². The molecule has 13 aromatic rings. The molecule has 0 saturated heterocycles. The van der Waals surface area contributed by atoms with E-state index < -0.39 is 0 Å². The van der Waals surface area contributed by atoms with Crippen molar-refractivity contribution in [2.45, 2.75) is 0 Å². The quantitative estimate of drug-likeness (QED) is 0.163. The summed E-state index contributed by atoms with van der Waals surface area (Å²) in [6.45, 7) is 0. The maximum Gasteiger partial charge on any atom is 0.156 e. The lowest BCUT2D eigenvalue weighted by molar-refractivity contribution is 1.25.